The average Bonchev–Trinajstić information content (AvgIpc) is 3.12. The van der Waals surface area contributed by atoms with E-state index in [1.165, 1.54) is 6.92 Å². The van der Waals surface area contributed by atoms with E-state index in [2.05, 4.69) is 34.9 Å². The Morgan fingerprint density at radius 1 is 1.00 bits per heavy atom. The van der Waals surface area contributed by atoms with Crippen LogP contribution in [0.5, 0.6) is 0 Å². The lowest BCUT2D eigenvalue weighted by molar-refractivity contribution is -0.133. The summed E-state index contributed by atoms with van der Waals surface area (Å²) in [4.78, 5) is 48.1. The second-order valence-corrected chi connectivity index (χ2v) is 9.54. The number of rotatable bonds is 11. The molecule has 3 rings (SSSR count). The first-order valence-electron chi connectivity index (χ1n) is 11.8. The minimum absolute atomic E-state index is 0. The van der Waals surface area contributed by atoms with Gasteiger partial charge in [0.25, 0.3) is 0 Å². The maximum Gasteiger partial charge on any atom is 0.407 e. The number of amides is 3. The van der Waals surface area contributed by atoms with Gasteiger partial charge in [-0.15, -0.1) is 0 Å². The number of carbonyl (C=O) groups excluding carboxylic acids is 4. The minimum Gasteiger partial charge on any atom is -0.449 e. The van der Waals surface area contributed by atoms with Crippen molar-refractivity contribution in [3.8, 4) is 11.1 Å². The Balaban J connectivity index is 0.00000456. The molecule has 1 atom stereocenters. The quantitative estimate of drug-likeness (QED) is 0.397. The first-order valence-corrected chi connectivity index (χ1v) is 11.8. The number of alkyl carbamates (subject to hydrolysis) is 1. The van der Waals surface area contributed by atoms with Gasteiger partial charge in [0.15, 0.2) is 5.78 Å². The van der Waals surface area contributed by atoms with Gasteiger partial charge >= 0.3 is 6.09 Å². The summed E-state index contributed by atoms with van der Waals surface area (Å²) < 4.78 is 5.51. The summed E-state index contributed by atoms with van der Waals surface area (Å²) in [5.41, 5.74) is 8.94. The smallest absolute Gasteiger partial charge is 0.407 e. The van der Waals surface area contributed by atoms with E-state index in [-0.39, 0.29) is 50.7 Å². The van der Waals surface area contributed by atoms with Crippen molar-refractivity contribution in [2.75, 3.05) is 13.2 Å². The number of carbonyl (C=O) groups is 4. The van der Waals surface area contributed by atoms with E-state index < -0.39 is 23.5 Å². The molecule has 3 amide bonds. The molecule has 8 nitrogen and oxygen atoms in total. The molecule has 0 bridgehead atoms. The normalized spacial score (nSPS) is 13.0. The van der Waals surface area contributed by atoms with Crippen molar-refractivity contribution >= 4 is 37.2 Å². The lowest BCUT2D eigenvalue weighted by atomic mass is 9.84. The predicted molar refractivity (Wildman–Crippen MR) is 143 cm³/mol. The third-order valence-corrected chi connectivity index (χ3v) is 6.33. The Morgan fingerprint density at radius 2 is 1.56 bits per heavy atom. The topological polar surface area (TPSA) is 128 Å². The molecule has 0 fully saturated rings. The van der Waals surface area contributed by atoms with Crippen LogP contribution >= 0.6 is 13.5 Å². The largest absolute Gasteiger partial charge is 0.449 e. The van der Waals surface area contributed by atoms with Gasteiger partial charge in [0.05, 0.1) is 11.5 Å². The van der Waals surface area contributed by atoms with Crippen LogP contribution in [0.2, 0.25) is 0 Å². The molecular formula is C27H35N3O5S. The zero-order chi connectivity index (χ0) is 25.6. The number of ether oxygens (including phenoxy) is 1. The Bertz CT molecular complexity index is 1070. The maximum atomic E-state index is 12.6. The van der Waals surface area contributed by atoms with E-state index in [1.807, 2.05) is 24.3 Å². The fourth-order valence-corrected chi connectivity index (χ4v) is 4.35. The van der Waals surface area contributed by atoms with Crippen LogP contribution in [0.1, 0.15) is 57.1 Å². The number of nitrogens with one attached hydrogen (secondary N) is 2. The van der Waals surface area contributed by atoms with Gasteiger partial charge in [-0.05, 0) is 35.1 Å². The van der Waals surface area contributed by atoms with Crippen molar-refractivity contribution in [3.05, 3.63) is 59.7 Å². The number of Topliss-reactive ketones (excluding diaryl/α,β-unsaturated/α-hetero) is 1. The van der Waals surface area contributed by atoms with Crippen LogP contribution in [0.15, 0.2) is 48.5 Å². The summed E-state index contributed by atoms with van der Waals surface area (Å²) in [6, 6.07) is 15.5. The van der Waals surface area contributed by atoms with Crippen molar-refractivity contribution in [2.24, 2.45) is 11.1 Å². The number of fused-ring (bicyclic) bond motifs is 3. The zero-order valence-corrected chi connectivity index (χ0v) is 21.9. The lowest BCUT2D eigenvalue weighted by Crippen LogP contribution is -2.44. The van der Waals surface area contributed by atoms with Gasteiger partial charge in [0.1, 0.15) is 6.61 Å². The van der Waals surface area contributed by atoms with Gasteiger partial charge in [-0.25, -0.2) is 4.79 Å². The van der Waals surface area contributed by atoms with Crippen LogP contribution in [0.25, 0.3) is 11.1 Å². The monoisotopic (exact) mass is 513 g/mol. The van der Waals surface area contributed by atoms with Gasteiger partial charge in [0.2, 0.25) is 11.8 Å². The summed E-state index contributed by atoms with van der Waals surface area (Å²) in [6.45, 7) is 5.01. The fraction of sp³-hybridized carbons (Fsp3) is 0.407. The van der Waals surface area contributed by atoms with Crippen LogP contribution in [0, 0.1) is 5.41 Å². The highest BCUT2D eigenvalue weighted by molar-refractivity contribution is 7.59. The van der Waals surface area contributed by atoms with E-state index >= 15 is 0 Å². The maximum absolute atomic E-state index is 12.6. The average molecular weight is 514 g/mol. The Kier molecular flexibility index (Phi) is 10.1. The molecule has 0 unspecified atom stereocenters. The number of hydrogen-bond acceptors (Lipinski definition) is 5. The van der Waals surface area contributed by atoms with Crippen LogP contribution < -0.4 is 16.4 Å². The van der Waals surface area contributed by atoms with Gasteiger partial charge < -0.3 is 21.1 Å². The highest BCUT2D eigenvalue weighted by Gasteiger charge is 2.32. The second-order valence-electron chi connectivity index (χ2n) is 9.54. The van der Waals surface area contributed by atoms with Gasteiger partial charge in [-0.3, -0.25) is 14.4 Å². The standard InChI is InChI=1S/C27H33N3O5.H2S/c1-17(31)30-23(24(32)15-27(2,3)25(28)33)13-8-14-29-26(34)35-16-22-20-11-6-4-9-18(20)19-10-5-7-12-21(19)22;/h4-7,9-12,22-23H,8,13-16H2,1-3H3,(H2,28,33)(H,29,34)(H,30,31);1H2/t23-;/m0./s1. The molecule has 0 spiro atoms. The predicted octanol–water partition coefficient (Wildman–Crippen LogP) is 3.39. The zero-order valence-electron chi connectivity index (χ0n) is 20.9. The molecule has 194 valence electrons. The third-order valence-electron chi connectivity index (χ3n) is 6.33. The fourth-order valence-electron chi connectivity index (χ4n) is 4.35. The Hall–Kier alpha value is -3.33. The molecule has 1 aliphatic carbocycles. The second kappa shape index (κ2) is 12.6. The van der Waals surface area contributed by atoms with Crippen molar-refractivity contribution in [3.63, 3.8) is 0 Å². The lowest BCUT2D eigenvalue weighted by Gasteiger charge is -2.23. The highest BCUT2D eigenvalue weighted by atomic mass is 32.1. The molecular weight excluding hydrogens is 478 g/mol. The molecule has 1 aliphatic rings. The van der Waals surface area contributed by atoms with Crippen LogP contribution in [0.4, 0.5) is 4.79 Å². The summed E-state index contributed by atoms with van der Waals surface area (Å²) >= 11 is 0. The van der Waals surface area contributed by atoms with E-state index in [9.17, 15) is 19.2 Å². The van der Waals surface area contributed by atoms with Gasteiger partial charge in [0, 0.05) is 25.8 Å². The number of benzene rings is 2. The van der Waals surface area contributed by atoms with Crippen LogP contribution in [0.3, 0.4) is 0 Å². The van der Waals surface area contributed by atoms with Crippen molar-refractivity contribution in [1.29, 1.82) is 0 Å². The molecule has 0 radical (unpaired) electrons. The molecule has 4 N–H and O–H groups in total. The van der Waals surface area contributed by atoms with Gasteiger partial charge in [-0.2, -0.15) is 13.5 Å². The van der Waals surface area contributed by atoms with Crippen molar-refractivity contribution < 1.29 is 23.9 Å². The Morgan fingerprint density at radius 3 is 2.08 bits per heavy atom. The van der Waals surface area contributed by atoms with E-state index in [0.717, 1.165) is 22.3 Å². The molecule has 0 saturated heterocycles. The first kappa shape index (κ1) is 28.9. The number of ketones is 1. The summed E-state index contributed by atoms with van der Waals surface area (Å²) in [7, 11) is 0. The van der Waals surface area contributed by atoms with Crippen LogP contribution in [-0.2, 0) is 19.1 Å². The highest BCUT2D eigenvalue weighted by Crippen LogP contribution is 2.44. The SMILES string of the molecule is CC(=O)N[C@@H](CCCNC(=O)OCC1c2ccccc2-c2ccccc21)C(=O)CC(C)(C)C(N)=O.S. The molecule has 0 aromatic heterocycles. The number of primary amides is 1. The van der Waals surface area contributed by atoms with Crippen LogP contribution in [-0.4, -0.2) is 42.9 Å². The molecule has 0 saturated carbocycles. The Labute approximate surface area is 218 Å². The van der Waals surface area contributed by atoms with Gasteiger partial charge in [-0.1, -0.05) is 62.4 Å². The first-order chi connectivity index (χ1) is 16.6. The molecule has 0 heterocycles. The minimum atomic E-state index is -1.01. The van der Waals surface area contributed by atoms with E-state index in [4.69, 9.17) is 10.5 Å². The number of nitrogens with two attached hydrogens (primary N) is 1. The molecule has 9 heteroatoms. The molecule has 36 heavy (non-hydrogen) atoms. The molecule has 2 aromatic rings. The van der Waals surface area contributed by atoms with E-state index in [1.54, 1.807) is 13.8 Å². The summed E-state index contributed by atoms with van der Waals surface area (Å²) in [5, 5.41) is 5.34. The third kappa shape index (κ3) is 7.10. The summed E-state index contributed by atoms with van der Waals surface area (Å²) in [6.07, 6.45) is 0.145. The summed E-state index contributed by atoms with van der Waals surface area (Å²) in [5.74, 6) is -1.22. The molecule has 0 aliphatic heterocycles. The number of hydrogen-bond donors (Lipinski definition) is 3. The van der Waals surface area contributed by atoms with E-state index in [0.29, 0.717) is 12.8 Å². The molecule has 2 aromatic carbocycles. The van der Waals surface area contributed by atoms with Crippen molar-refractivity contribution in [1.82, 2.24) is 10.6 Å². The van der Waals surface area contributed by atoms with Crippen molar-refractivity contribution in [2.45, 2.75) is 52.0 Å².